The average molecular weight is 254 g/mol. The van der Waals surface area contributed by atoms with Crippen molar-refractivity contribution in [2.75, 3.05) is 5.75 Å². The van der Waals surface area contributed by atoms with Crippen LogP contribution in [-0.2, 0) is 0 Å². The molecule has 0 aromatic heterocycles. The van der Waals surface area contributed by atoms with Crippen LogP contribution in [0.25, 0.3) is 0 Å². The summed E-state index contributed by atoms with van der Waals surface area (Å²) >= 11 is 3.82. The molecule has 0 saturated carbocycles. The molecule has 0 radical (unpaired) electrons. The summed E-state index contributed by atoms with van der Waals surface area (Å²) in [6, 6.07) is 5.24. The van der Waals surface area contributed by atoms with Gasteiger partial charge in [0, 0.05) is 23.4 Å². The number of nitro benzene ring substituents is 1. The van der Waals surface area contributed by atoms with Gasteiger partial charge >= 0.3 is 0 Å². The molecule has 0 fully saturated rings. The van der Waals surface area contributed by atoms with Crippen molar-refractivity contribution in [3.8, 4) is 6.07 Å². The number of hydrogen-bond acceptors (Lipinski definition) is 6. The Balaban J connectivity index is 3.18. The maximum Gasteiger partial charge on any atom is 0.270 e. The highest BCUT2D eigenvalue weighted by molar-refractivity contribution is 7.80. The molecule has 0 aliphatic rings. The molecule has 0 aliphatic carbocycles. The van der Waals surface area contributed by atoms with Gasteiger partial charge in [-0.15, -0.1) is 0 Å². The highest BCUT2D eigenvalue weighted by Crippen LogP contribution is 2.25. The van der Waals surface area contributed by atoms with Gasteiger partial charge in [-0.1, -0.05) is 0 Å². The lowest BCUT2D eigenvalue weighted by Crippen LogP contribution is -2.20. The van der Waals surface area contributed by atoms with Crippen molar-refractivity contribution in [2.45, 2.75) is 12.2 Å². The van der Waals surface area contributed by atoms with E-state index in [1.807, 2.05) is 0 Å². The first kappa shape index (κ1) is 13.4. The van der Waals surface area contributed by atoms with Crippen LogP contribution >= 0.6 is 12.6 Å². The van der Waals surface area contributed by atoms with E-state index in [9.17, 15) is 20.3 Å². The first-order valence-corrected chi connectivity index (χ1v) is 5.30. The average Bonchev–Trinajstić information content (AvgIpc) is 2.35. The number of benzene rings is 1. The van der Waals surface area contributed by atoms with Gasteiger partial charge in [0.2, 0.25) is 0 Å². The Labute approximate surface area is 103 Å². The SMILES string of the molecule is N#Cc1cc([N+](=O)[O-])ccc1C(O)C(O)CS. The molecule has 1 aromatic rings. The molecule has 0 bridgehead atoms. The third-order valence-corrected chi connectivity index (χ3v) is 2.61. The fourth-order valence-corrected chi connectivity index (χ4v) is 1.52. The van der Waals surface area contributed by atoms with Gasteiger partial charge in [0.15, 0.2) is 0 Å². The van der Waals surface area contributed by atoms with Crippen molar-refractivity contribution in [3.63, 3.8) is 0 Å². The number of rotatable bonds is 4. The van der Waals surface area contributed by atoms with Gasteiger partial charge in [-0.05, 0) is 6.07 Å². The molecular weight excluding hydrogens is 244 g/mol. The minimum absolute atomic E-state index is 0.0169. The zero-order valence-corrected chi connectivity index (χ0v) is 9.54. The summed E-state index contributed by atoms with van der Waals surface area (Å²) < 4.78 is 0. The Bertz CT molecular complexity index is 472. The van der Waals surface area contributed by atoms with E-state index in [2.05, 4.69) is 12.6 Å². The van der Waals surface area contributed by atoms with Gasteiger partial charge in [-0.2, -0.15) is 17.9 Å². The second-order valence-corrected chi connectivity index (χ2v) is 3.70. The first-order chi connectivity index (χ1) is 8.01. The molecule has 0 amide bonds. The minimum Gasteiger partial charge on any atom is -0.389 e. The van der Waals surface area contributed by atoms with Crippen molar-refractivity contribution in [1.29, 1.82) is 5.26 Å². The van der Waals surface area contributed by atoms with Gasteiger partial charge in [-0.25, -0.2) is 0 Å². The summed E-state index contributed by atoms with van der Waals surface area (Å²) in [6.45, 7) is 0. The third kappa shape index (κ3) is 2.94. The van der Waals surface area contributed by atoms with E-state index >= 15 is 0 Å². The van der Waals surface area contributed by atoms with Crippen LogP contribution in [0.2, 0.25) is 0 Å². The normalized spacial score (nSPS) is 13.8. The largest absolute Gasteiger partial charge is 0.389 e. The molecule has 7 heteroatoms. The molecule has 0 aliphatic heterocycles. The van der Waals surface area contributed by atoms with Gasteiger partial charge in [0.25, 0.3) is 5.69 Å². The Morgan fingerprint density at radius 2 is 2.18 bits per heavy atom. The number of thiol groups is 1. The lowest BCUT2D eigenvalue weighted by atomic mass is 9.99. The van der Waals surface area contributed by atoms with Crippen molar-refractivity contribution in [2.24, 2.45) is 0 Å². The number of nitriles is 1. The molecular formula is C10H10N2O4S. The summed E-state index contributed by atoms with van der Waals surface area (Å²) in [7, 11) is 0. The van der Waals surface area contributed by atoms with E-state index in [1.54, 1.807) is 6.07 Å². The van der Waals surface area contributed by atoms with Crippen LogP contribution in [0.4, 0.5) is 5.69 Å². The maximum atomic E-state index is 10.5. The molecule has 2 atom stereocenters. The van der Waals surface area contributed by atoms with Crippen molar-refractivity contribution in [1.82, 2.24) is 0 Å². The molecule has 2 unspecified atom stereocenters. The van der Waals surface area contributed by atoms with Crippen LogP contribution in [0.5, 0.6) is 0 Å². The number of non-ortho nitro benzene ring substituents is 1. The first-order valence-electron chi connectivity index (χ1n) is 4.66. The molecule has 1 rings (SSSR count). The van der Waals surface area contributed by atoms with Gasteiger partial charge in [0.1, 0.15) is 6.10 Å². The summed E-state index contributed by atoms with van der Waals surface area (Å²) in [4.78, 5) is 9.88. The quantitative estimate of drug-likeness (QED) is 0.418. The van der Waals surface area contributed by atoms with Crippen molar-refractivity contribution in [3.05, 3.63) is 39.4 Å². The van der Waals surface area contributed by atoms with Crippen LogP contribution in [0, 0.1) is 21.4 Å². The predicted octanol–water partition coefficient (Wildman–Crippen LogP) is 0.791. The second-order valence-electron chi connectivity index (χ2n) is 3.34. The molecule has 0 heterocycles. The number of hydrogen-bond donors (Lipinski definition) is 3. The summed E-state index contributed by atoms with van der Waals surface area (Å²) in [5, 5.41) is 38.5. The molecule has 0 spiro atoms. The Morgan fingerprint density at radius 3 is 2.65 bits per heavy atom. The zero-order valence-electron chi connectivity index (χ0n) is 8.65. The zero-order chi connectivity index (χ0) is 13.0. The standard InChI is InChI=1S/C10H10N2O4S/c11-4-6-3-7(12(15)16)1-2-8(6)10(14)9(13)5-17/h1-3,9-10,13-14,17H,5H2. The molecule has 6 nitrogen and oxygen atoms in total. The second kappa shape index (κ2) is 5.63. The molecule has 1 aromatic carbocycles. The van der Waals surface area contributed by atoms with Crippen LogP contribution in [0.3, 0.4) is 0 Å². The highest BCUT2D eigenvalue weighted by atomic mass is 32.1. The van der Waals surface area contributed by atoms with E-state index in [0.29, 0.717) is 0 Å². The monoisotopic (exact) mass is 254 g/mol. The third-order valence-electron chi connectivity index (χ3n) is 2.24. The van der Waals surface area contributed by atoms with Gasteiger partial charge in [-0.3, -0.25) is 10.1 Å². The predicted molar refractivity (Wildman–Crippen MR) is 62.6 cm³/mol. The number of aliphatic hydroxyl groups excluding tert-OH is 2. The van der Waals surface area contributed by atoms with Gasteiger partial charge in [0.05, 0.1) is 22.7 Å². The minimum atomic E-state index is -1.29. The molecule has 0 saturated heterocycles. The van der Waals surface area contributed by atoms with E-state index in [1.165, 1.54) is 12.1 Å². The summed E-state index contributed by atoms with van der Waals surface area (Å²) in [5.41, 5.74) is -0.120. The lowest BCUT2D eigenvalue weighted by Gasteiger charge is -2.16. The van der Waals surface area contributed by atoms with Crippen LogP contribution < -0.4 is 0 Å². The highest BCUT2D eigenvalue weighted by Gasteiger charge is 2.21. The van der Waals surface area contributed by atoms with E-state index in [0.717, 1.165) is 6.07 Å². The van der Waals surface area contributed by atoms with Crippen LogP contribution in [0.1, 0.15) is 17.2 Å². The van der Waals surface area contributed by atoms with Crippen LogP contribution in [0.15, 0.2) is 18.2 Å². The van der Waals surface area contributed by atoms with Crippen LogP contribution in [-0.4, -0.2) is 27.0 Å². The Kier molecular flexibility index (Phi) is 4.45. The summed E-state index contributed by atoms with van der Waals surface area (Å²) in [5.74, 6) is 0.0169. The topological polar surface area (TPSA) is 107 Å². The van der Waals surface area contributed by atoms with Crippen molar-refractivity contribution >= 4 is 18.3 Å². The fourth-order valence-electron chi connectivity index (χ4n) is 1.32. The van der Waals surface area contributed by atoms with E-state index < -0.39 is 17.1 Å². The number of nitro groups is 1. The molecule has 17 heavy (non-hydrogen) atoms. The smallest absolute Gasteiger partial charge is 0.270 e. The lowest BCUT2D eigenvalue weighted by molar-refractivity contribution is -0.384. The molecule has 90 valence electrons. The van der Waals surface area contributed by atoms with Crippen molar-refractivity contribution < 1.29 is 15.1 Å². The van der Waals surface area contributed by atoms with E-state index in [-0.39, 0.29) is 22.6 Å². The van der Waals surface area contributed by atoms with Gasteiger partial charge < -0.3 is 10.2 Å². The summed E-state index contributed by atoms with van der Waals surface area (Å²) in [6.07, 6.45) is -2.42. The Morgan fingerprint density at radius 1 is 1.53 bits per heavy atom. The number of nitrogens with zero attached hydrogens (tertiary/aromatic N) is 2. The number of aliphatic hydroxyl groups is 2. The Hall–Kier alpha value is -1.62. The fraction of sp³-hybridized carbons (Fsp3) is 0.300. The van der Waals surface area contributed by atoms with E-state index in [4.69, 9.17) is 5.26 Å². The maximum absolute atomic E-state index is 10.5. The molecule has 2 N–H and O–H groups in total.